The molecular formula is C26H18N2. The normalized spacial score (nSPS) is 10.9. The lowest BCUT2D eigenvalue weighted by molar-refractivity contribution is 1.43. The molecule has 2 aromatic heterocycles. The third-order valence-corrected chi connectivity index (χ3v) is 4.99. The molecular weight excluding hydrogens is 340 g/mol. The molecule has 4 aromatic carbocycles. The van der Waals surface area contributed by atoms with Crippen LogP contribution < -0.4 is 0 Å². The van der Waals surface area contributed by atoms with Gasteiger partial charge in [0.1, 0.15) is 0 Å². The highest BCUT2D eigenvalue weighted by Crippen LogP contribution is 2.23. The zero-order chi connectivity index (χ0) is 18.8. The zero-order valence-electron chi connectivity index (χ0n) is 15.3. The van der Waals surface area contributed by atoms with E-state index in [2.05, 4.69) is 94.9 Å². The van der Waals surface area contributed by atoms with Crippen LogP contribution in [0.5, 0.6) is 0 Å². The number of fused-ring (bicyclic) bond motifs is 6. The molecule has 0 bridgehead atoms. The number of benzene rings is 4. The van der Waals surface area contributed by atoms with E-state index in [1.807, 2.05) is 24.5 Å². The summed E-state index contributed by atoms with van der Waals surface area (Å²) >= 11 is 0. The molecule has 0 saturated carbocycles. The van der Waals surface area contributed by atoms with Crippen molar-refractivity contribution < 1.29 is 0 Å². The summed E-state index contributed by atoms with van der Waals surface area (Å²) in [6.45, 7) is 0. The van der Waals surface area contributed by atoms with Crippen molar-refractivity contribution in [1.29, 1.82) is 0 Å². The Balaban J connectivity index is 0.000000122. The van der Waals surface area contributed by atoms with E-state index in [1.54, 1.807) is 0 Å². The number of pyridine rings is 2. The van der Waals surface area contributed by atoms with E-state index in [9.17, 15) is 0 Å². The molecule has 0 spiro atoms. The van der Waals surface area contributed by atoms with Gasteiger partial charge in [0.2, 0.25) is 0 Å². The number of hydrogen-bond acceptors (Lipinski definition) is 2. The van der Waals surface area contributed by atoms with Crippen molar-refractivity contribution in [2.75, 3.05) is 0 Å². The van der Waals surface area contributed by atoms with Gasteiger partial charge < -0.3 is 0 Å². The molecule has 0 amide bonds. The van der Waals surface area contributed by atoms with Crippen LogP contribution in [0.2, 0.25) is 0 Å². The minimum absolute atomic E-state index is 1.09. The van der Waals surface area contributed by atoms with Gasteiger partial charge in [-0.3, -0.25) is 9.97 Å². The van der Waals surface area contributed by atoms with Crippen LogP contribution in [-0.4, -0.2) is 9.97 Å². The van der Waals surface area contributed by atoms with Crippen LogP contribution >= 0.6 is 0 Å². The second kappa shape index (κ2) is 7.09. The quantitative estimate of drug-likeness (QED) is 0.280. The van der Waals surface area contributed by atoms with Crippen LogP contribution in [0.1, 0.15) is 0 Å². The number of hydrogen-bond donors (Lipinski definition) is 0. The summed E-state index contributed by atoms with van der Waals surface area (Å²) in [7, 11) is 0. The largest absolute Gasteiger partial charge is 0.256 e. The van der Waals surface area contributed by atoms with E-state index < -0.39 is 0 Å². The van der Waals surface area contributed by atoms with Gasteiger partial charge >= 0.3 is 0 Å². The second-order valence-electron chi connectivity index (χ2n) is 6.72. The molecule has 0 N–H and O–H groups in total. The first kappa shape index (κ1) is 16.4. The summed E-state index contributed by atoms with van der Waals surface area (Å²) in [5.41, 5.74) is 2.18. The van der Waals surface area contributed by atoms with Gasteiger partial charge in [-0.25, -0.2) is 0 Å². The molecule has 0 atom stereocenters. The van der Waals surface area contributed by atoms with Crippen molar-refractivity contribution in [3.8, 4) is 0 Å². The number of aromatic nitrogens is 2. The molecule has 132 valence electrons. The van der Waals surface area contributed by atoms with Gasteiger partial charge in [0.25, 0.3) is 0 Å². The van der Waals surface area contributed by atoms with Crippen molar-refractivity contribution >= 4 is 43.4 Å². The van der Waals surface area contributed by atoms with E-state index in [1.165, 1.54) is 32.3 Å². The van der Waals surface area contributed by atoms with Crippen molar-refractivity contribution in [2.24, 2.45) is 0 Å². The Morgan fingerprint density at radius 2 is 0.750 bits per heavy atom. The van der Waals surface area contributed by atoms with Gasteiger partial charge in [-0.15, -0.1) is 0 Å². The van der Waals surface area contributed by atoms with E-state index in [0.29, 0.717) is 0 Å². The van der Waals surface area contributed by atoms with Crippen LogP contribution in [0.3, 0.4) is 0 Å². The monoisotopic (exact) mass is 358 g/mol. The molecule has 0 fully saturated rings. The minimum atomic E-state index is 1.09. The molecule has 2 heterocycles. The van der Waals surface area contributed by atoms with Gasteiger partial charge in [0, 0.05) is 33.9 Å². The van der Waals surface area contributed by atoms with Gasteiger partial charge in [-0.05, 0) is 22.9 Å². The Hall–Kier alpha value is -3.78. The standard InChI is InChI=1S/2C13H9N/c2*1-2-6-12-10(4-1)7-8-11-5-3-9-14-13(11)12/h2*1-9H. The first-order chi connectivity index (χ1) is 13.9. The molecule has 0 aliphatic carbocycles. The van der Waals surface area contributed by atoms with Crippen molar-refractivity contribution in [3.05, 3.63) is 109 Å². The lowest BCUT2D eigenvalue weighted by atomic mass is 10.1. The number of nitrogens with zero attached hydrogens (tertiary/aromatic N) is 2. The molecule has 0 radical (unpaired) electrons. The van der Waals surface area contributed by atoms with E-state index in [4.69, 9.17) is 0 Å². The van der Waals surface area contributed by atoms with Crippen molar-refractivity contribution in [3.63, 3.8) is 0 Å². The van der Waals surface area contributed by atoms with Crippen LogP contribution in [0, 0.1) is 0 Å². The summed E-state index contributed by atoms with van der Waals surface area (Å²) in [6, 6.07) is 33.3. The molecule has 2 heteroatoms. The molecule has 0 aliphatic heterocycles. The Bertz CT molecular complexity index is 1200. The van der Waals surface area contributed by atoms with E-state index >= 15 is 0 Å². The lowest BCUT2D eigenvalue weighted by Gasteiger charge is -2.01. The maximum atomic E-state index is 4.41. The smallest absolute Gasteiger partial charge is 0.0780 e. The fourth-order valence-electron chi connectivity index (χ4n) is 3.63. The first-order valence-corrected chi connectivity index (χ1v) is 9.35. The topological polar surface area (TPSA) is 25.8 Å². The maximum Gasteiger partial charge on any atom is 0.0780 e. The molecule has 6 aromatic rings. The second-order valence-corrected chi connectivity index (χ2v) is 6.72. The molecule has 28 heavy (non-hydrogen) atoms. The Labute approximate surface area is 163 Å². The van der Waals surface area contributed by atoms with Crippen LogP contribution in [0.25, 0.3) is 43.4 Å². The van der Waals surface area contributed by atoms with Gasteiger partial charge in [-0.2, -0.15) is 0 Å². The molecule has 6 rings (SSSR count). The number of rotatable bonds is 0. The van der Waals surface area contributed by atoms with Gasteiger partial charge in [0.05, 0.1) is 11.0 Å². The highest BCUT2D eigenvalue weighted by molar-refractivity contribution is 6.05. The first-order valence-electron chi connectivity index (χ1n) is 9.35. The lowest BCUT2D eigenvalue weighted by Crippen LogP contribution is -1.79. The van der Waals surface area contributed by atoms with E-state index in [-0.39, 0.29) is 0 Å². The van der Waals surface area contributed by atoms with E-state index in [0.717, 1.165) is 11.0 Å². The molecule has 0 aliphatic rings. The van der Waals surface area contributed by atoms with Crippen LogP contribution in [0.15, 0.2) is 109 Å². The SMILES string of the molecule is c1ccc2c(c1)ccc1cccnc12.c1ccc2c(c1)ccc1cccnc12. The summed E-state index contributed by atoms with van der Waals surface area (Å²) in [5.74, 6) is 0. The minimum Gasteiger partial charge on any atom is -0.256 e. The molecule has 0 saturated heterocycles. The van der Waals surface area contributed by atoms with Crippen molar-refractivity contribution in [1.82, 2.24) is 9.97 Å². The highest BCUT2D eigenvalue weighted by atomic mass is 14.6. The predicted molar refractivity (Wildman–Crippen MR) is 118 cm³/mol. The molecule has 2 nitrogen and oxygen atoms in total. The van der Waals surface area contributed by atoms with Crippen molar-refractivity contribution in [2.45, 2.75) is 0 Å². The van der Waals surface area contributed by atoms with Gasteiger partial charge in [-0.1, -0.05) is 84.9 Å². The fourth-order valence-corrected chi connectivity index (χ4v) is 3.63. The van der Waals surface area contributed by atoms with Gasteiger partial charge in [0.15, 0.2) is 0 Å². The zero-order valence-corrected chi connectivity index (χ0v) is 15.3. The fraction of sp³-hybridized carbons (Fsp3) is 0. The Kier molecular flexibility index (Phi) is 4.15. The average Bonchev–Trinajstić information content (AvgIpc) is 2.79. The molecule has 0 unspecified atom stereocenters. The third kappa shape index (κ3) is 2.95. The Morgan fingerprint density at radius 1 is 0.357 bits per heavy atom. The van der Waals surface area contributed by atoms with Crippen LogP contribution in [-0.2, 0) is 0 Å². The Morgan fingerprint density at radius 3 is 1.25 bits per heavy atom. The average molecular weight is 358 g/mol. The van der Waals surface area contributed by atoms with Crippen LogP contribution in [0.4, 0.5) is 0 Å². The predicted octanol–water partition coefficient (Wildman–Crippen LogP) is 6.78. The highest BCUT2D eigenvalue weighted by Gasteiger charge is 1.99. The summed E-state index contributed by atoms with van der Waals surface area (Å²) < 4.78 is 0. The summed E-state index contributed by atoms with van der Waals surface area (Å²) in [6.07, 6.45) is 3.68. The summed E-state index contributed by atoms with van der Waals surface area (Å²) in [5, 5.41) is 7.35. The third-order valence-electron chi connectivity index (χ3n) is 4.99. The summed E-state index contributed by atoms with van der Waals surface area (Å²) in [4.78, 5) is 8.82. The maximum absolute atomic E-state index is 4.41.